The Morgan fingerprint density at radius 2 is 1.74 bits per heavy atom. The largest absolute Gasteiger partial charge is 0.455 e. The Balaban J connectivity index is 2.47. The van der Waals surface area contributed by atoms with Crippen LogP contribution >= 0.6 is 51.3 Å². The van der Waals surface area contributed by atoms with Gasteiger partial charge in [0.1, 0.15) is 21.5 Å². The van der Waals surface area contributed by atoms with Crippen molar-refractivity contribution >= 4 is 56.3 Å². The standard InChI is InChI=1S/C13H8BrCl2NOS/c14-7-3-1-5-9(11(7)13(17)19)18-10-6-2-4-8(15)12(10)16/h1-6H,(H2,17,19). The summed E-state index contributed by atoms with van der Waals surface area (Å²) in [6.45, 7) is 0. The lowest BCUT2D eigenvalue weighted by Crippen LogP contribution is -2.11. The minimum Gasteiger partial charge on any atom is -0.455 e. The van der Waals surface area contributed by atoms with Gasteiger partial charge in [-0.15, -0.1) is 0 Å². The summed E-state index contributed by atoms with van der Waals surface area (Å²) in [5, 5.41) is 0.768. The quantitative estimate of drug-likeness (QED) is 0.749. The fourth-order valence-electron chi connectivity index (χ4n) is 1.51. The van der Waals surface area contributed by atoms with Gasteiger partial charge in [-0.1, -0.05) is 47.6 Å². The molecule has 0 fully saturated rings. The fraction of sp³-hybridized carbons (Fsp3) is 0. The van der Waals surface area contributed by atoms with Crippen LogP contribution in [-0.2, 0) is 0 Å². The molecule has 2 rings (SSSR count). The molecule has 0 aliphatic heterocycles. The van der Waals surface area contributed by atoms with Gasteiger partial charge in [0.05, 0.1) is 10.6 Å². The van der Waals surface area contributed by atoms with Crippen LogP contribution in [0.1, 0.15) is 5.56 Å². The summed E-state index contributed by atoms with van der Waals surface area (Å²) < 4.78 is 6.51. The van der Waals surface area contributed by atoms with Gasteiger partial charge in [0, 0.05) is 4.47 Å². The number of hydrogen-bond acceptors (Lipinski definition) is 2. The molecule has 0 atom stereocenters. The van der Waals surface area contributed by atoms with Gasteiger partial charge in [0.25, 0.3) is 0 Å². The van der Waals surface area contributed by atoms with E-state index in [1.54, 1.807) is 24.3 Å². The van der Waals surface area contributed by atoms with E-state index in [-0.39, 0.29) is 4.99 Å². The highest BCUT2D eigenvalue weighted by Crippen LogP contribution is 2.37. The SMILES string of the molecule is NC(=S)c1c(Br)cccc1Oc1cccc(Cl)c1Cl. The Kier molecular flexibility index (Phi) is 4.68. The first-order valence-corrected chi connectivity index (χ1v) is 7.16. The lowest BCUT2D eigenvalue weighted by Gasteiger charge is -2.13. The summed E-state index contributed by atoms with van der Waals surface area (Å²) in [5.74, 6) is 0.968. The van der Waals surface area contributed by atoms with E-state index >= 15 is 0 Å². The Bertz CT molecular complexity index is 649. The minimum absolute atomic E-state index is 0.237. The van der Waals surface area contributed by atoms with E-state index in [1.807, 2.05) is 12.1 Å². The maximum atomic E-state index is 6.08. The van der Waals surface area contributed by atoms with Crippen molar-refractivity contribution in [2.75, 3.05) is 0 Å². The van der Waals surface area contributed by atoms with E-state index in [0.717, 1.165) is 4.47 Å². The Morgan fingerprint density at radius 1 is 1.11 bits per heavy atom. The van der Waals surface area contributed by atoms with Crippen molar-refractivity contribution in [3.8, 4) is 11.5 Å². The van der Waals surface area contributed by atoms with Crippen LogP contribution in [0.15, 0.2) is 40.9 Å². The van der Waals surface area contributed by atoms with Crippen LogP contribution in [0.3, 0.4) is 0 Å². The zero-order chi connectivity index (χ0) is 14.0. The summed E-state index contributed by atoms with van der Waals surface area (Å²) in [5.41, 5.74) is 6.32. The first-order chi connectivity index (χ1) is 9.00. The summed E-state index contributed by atoms with van der Waals surface area (Å²) in [6, 6.07) is 10.6. The van der Waals surface area contributed by atoms with Gasteiger partial charge in [0.15, 0.2) is 0 Å². The molecular weight excluding hydrogens is 369 g/mol. The zero-order valence-corrected chi connectivity index (χ0v) is 13.4. The van der Waals surface area contributed by atoms with Crippen LogP contribution in [0.2, 0.25) is 10.0 Å². The van der Waals surface area contributed by atoms with Gasteiger partial charge >= 0.3 is 0 Å². The van der Waals surface area contributed by atoms with Crippen LogP contribution < -0.4 is 10.5 Å². The number of ether oxygens (including phenoxy) is 1. The van der Waals surface area contributed by atoms with Crippen LogP contribution in [-0.4, -0.2) is 4.99 Å². The first-order valence-electron chi connectivity index (χ1n) is 5.21. The van der Waals surface area contributed by atoms with Crippen LogP contribution in [0.25, 0.3) is 0 Å². The number of thiocarbonyl (C=S) groups is 1. The number of halogens is 3. The van der Waals surface area contributed by atoms with Gasteiger partial charge in [0.2, 0.25) is 0 Å². The molecule has 2 N–H and O–H groups in total. The Hall–Kier alpha value is -0.810. The zero-order valence-electron chi connectivity index (χ0n) is 9.49. The molecule has 0 saturated heterocycles. The number of nitrogens with two attached hydrogens (primary N) is 1. The van der Waals surface area contributed by atoms with Crippen LogP contribution in [0.4, 0.5) is 0 Å². The number of rotatable bonds is 3. The molecule has 6 heteroatoms. The lowest BCUT2D eigenvalue weighted by atomic mass is 10.2. The monoisotopic (exact) mass is 375 g/mol. The molecule has 2 nitrogen and oxygen atoms in total. The molecule has 0 heterocycles. The predicted octanol–water partition coefficient (Wildman–Crippen LogP) is 5.18. The second-order valence-corrected chi connectivity index (χ2v) is 5.71. The third kappa shape index (κ3) is 3.20. The van der Waals surface area contributed by atoms with Crippen molar-refractivity contribution < 1.29 is 4.74 Å². The maximum absolute atomic E-state index is 6.08. The molecule has 0 saturated carbocycles. The first kappa shape index (κ1) is 14.6. The molecule has 0 radical (unpaired) electrons. The maximum Gasteiger partial charge on any atom is 0.147 e. The fourth-order valence-corrected chi connectivity index (χ4v) is 2.74. The van der Waals surface area contributed by atoms with Gasteiger partial charge in [-0.2, -0.15) is 0 Å². The van der Waals surface area contributed by atoms with Gasteiger partial charge < -0.3 is 10.5 Å². The molecule has 19 heavy (non-hydrogen) atoms. The second kappa shape index (κ2) is 6.09. The van der Waals surface area contributed by atoms with E-state index in [1.165, 1.54) is 0 Å². The van der Waals surface area contributed by atoms with Gasteiger partial charge in [-0.25, -0.2) is 0 Å². The lowest BCUT2D eigenvalue weighted by molar-refractivity contribution is 0.481. The number of hydrogen-bond donors (Lipinski definition) is 1. The van der Waals surface area contributed by atoms with E-state index in [9.17, 15) is 0 Å². The molecule has 2 aromatic rings. The smallest absolute Gasteiger partial charge is 0.147 e. The van der Waals surface area contributed by atoms with Crippen LogP contribution in [0.5, 0.6) is 11.5 Å². The third-order valence-electron chi connectivity index (χ3n) is 2.36. The molecule has 2 aromatic carbocycles. The van der Waals surface area contributed by atoms with Crippen molar-refractivity contribution in [2.45, 2.75) is 0 Å². The van der Waals surface area contributed by atoms with E-state index in [0.29, 0.717) is 27.1 Å². The van der Waals surface area contributed by atoms with Gasteiger partial charge in [-0.05, 0) is 40.2 Å². The minimum atomic E-state index is 0.237. The molecule has 0 bridgehead atoms. The molecule has 0 aromatic heterocycles. The average molecular weight is 377 g/mol. The van der Waals surface area contributed by atoms with Crippen molar-refractivity contribution in [2.24, 2.45) is 5.73 Å². The van der Waals surface area contributed by atoms with Gasteiger partial charge in [-0.3, -0.25) is 0 Å². The summed E-state index contributed by atoms with van der Waals surface area (Å²) in [4.78, 5) is 0.237. The third-order valence-corrected chi connectivity index (χ3v) is 4.02. The van der Waals surface area contributed by atoms with Crippen LogP contribution in [0, 0.1) is 0 Å². The second-order valence-electron chi connectivity index (χ2n) is 3.63. The summed E-state index contributed by atoms with van der Waals surface area (Å²) in [7, 11) is 0. The van der Waals surface area contributed by atoms with Crippen molar-refractivity contribution in [3.63, 3.8) is 0 Å². The molecule has 0 unspecified atom stereocenters. The topological polar surface area (TPSA) is 35.2 Å². The average Bonchev–Trinajstić information content (AvgIpc) is 2.34. The molecule has 0 amide bonds. The normalized spacial score (nSPS) is 10.3. The molecule has 98 valence electrons. The van der Waals surface area contributed by atoms with Crippen molar-refractivity contribution in [3.05, 3.63) is 56.5 Å². The molecular formula is C13H8BrCl2NOS. The van der Waals surface area contributed by atoms with E-state index in [2.05, 4.69) is 15.9 Å². The molecule has 0 aliphatic carbocycles. The highest BCUT2D eigenvalue weighted by molar-refractivity contribution is 9.10. The highest BCUT2D eigenvalue weighted by Gasteiger charge is 2.13. The number of benzene rings is 2. The van der Waals surface area contributed by atoms with Crippen molar-refractivity contribution in [1.29, 1.82) is 0 Å². The molecule has 0 aliphatic rings. The van der Waals surface area contributed by atoms with Crippen molar-refractivity contribution in [1.82, 2.24) is 0 Å². The Labute approximate surface area is 134 Å². The predicted molar refractivity (Wildman–Crippen MR) is 86.6 cm³/mol. The molecule has 0 spiro atoms. The summed E-state index contributed by atoms with van der Waals surface area (Å²) in [6.07, 6.45) is 0. The highest BCUT2D eigenvalue weighted by atomic mass is 79.9. The summed E-state index contributed by atoms with van der Waals surface area (Å²) >= 11 is 20.4. The van der Waals surface area contributed by atoms with E-state index in [4.69, 9.17) is 45.9 Å². The Morgan fingerprint density at radius 3 is 2.42 bits per heavy atom. The van der Waals surface area contributed by atoms with E-state index < -0.39 is 0 Å².